The normalized spacial score (nSPS) is 12.5. The number of amides is 3. The highest BCUT2D eigenvalue weighted by atomic mass is 35.5. The van der Waals surface area contributed by atoms with E-state index in [1.165, 1.54) is 24.4 Å². The van der Waals surface area contributed by atoms with Gasteiger partial charge in [-0.25, -0.2) is 14.6 Å². The van der Waals surface area contributed by atoms with Gasteiger partial charge in [0.05, 0.1) is 27.0 Å². The molecule has 0 saturated carbocycles. The van der Waals surface area contributed by atoms with Crippen LogP contribution in [0.1, 0.15) is 37.1 Å². The van der Waals surface area contributed by atoms with Crippen molar-refractivity contribution in [3.63, 3.8) is 0 Å². The van der Waals surface area contributed by atoms with Gasteiger partial charge in [0.25, 0.3) is 0 Å². The average molecular weight is 545 g/mol. The van der Waals surface area contributed by atoms with E-state index < -0.39 is 24.3 Å². The number of ether oxygens (including phenoxy) is 1. The van der Waals surface area contributed by atoms with E-state index in [9.17, 15) is 19.8 Å². The molecule has 2 aromatic heterocycles. The maximum atomic E-state index is 12.4. The summed E-state index contributed by atoms with van der Waals surface area (Å²) in [6.45, 7) is 3.40. The van der Waals surface area contributed by atoms with Gasteiger partial charge >= 0.3 is 12.1 Å². The van der Waals surface area contributed by atoms with Crippen molar-refractivity contribution in [2.75, 3.05) is 10.6 Å². The lowest BCUT2D eigenvalue weighted by atomic mass is 10.1. The zero-order valence-corrected chi connectivity index (χ0v) is 21.1. The molecule has 6 N–H and O–H groups in total. The van der Waals surface area contributed by atoms with Crippen molar-refractivity contribution in [1.82, 2.24) is 20.5 Å². The molecule has 0 fully saturated rings. The third-order valence-corrected chi connectivity index (χ3v) is 6.09. The Balaban J connectivity index is 1.36. The second kappa shape index (κ2) is 10.8. The van der Waals surface area contributed by atoms with E-state index in [-0.39, 0.29) is 33.2 Å². The Labute approximate surface area is 220 Å². The zero-order chi connectivity index (χ0) is 26.7. The number of aromatic nitrogens is 3. The Morgan fingerprint density at radius 3 is 2.30 bits per heavy atom. The SMILES string of the molecule is C[C@@H](NC(=O)Nc1cc2[nH]nc(NC(=O)O[C@H](C)c3ccc(Cl)c(O)c3)c2cn1)c1ccc(Cl)c(O)c1. The first kappa shape index (κ1) is 25.9. The molecule has 0 unspecified atom stereocenters. The Kier molecular flexibility index (Phi) is 7.55. The monoisotopic (exact) mass is 544 g/mol. The van der Waals surface area contributed by atoms with Crippen LogP contribution in [0.5, 0.6) is 11.5 Å². The lowest BCUT2D eigenvalue weighted by molar-refractivity contribution is 0.121. The largest absolute Gasteiger partial charge is 0.506 e. The van der Waals surface area contributed by atoms with Crippen LogP contribution in [0.4, 0.5) is 21.2 Å². The van der Waals surface area contributed by atoms with E-state index in [1.807, 2.05) is 0 Å². The Bertz CT molecular complexity index is 1480. The molecule has 0 saturated heterocycles. The van der Waals surface area contributed by atoms with Gasteiger partial charge in [0, 0.05) is 12.3 Å². The van der Waals surface area contributed by atoms with Crippen LogP contribution in [0, 0.1) is 0 Å². The molecule has 4 rings (SSSR count). The highest BCUT2D eigenvalue weighted by Crippen LogP contribution is 2.29. The minimum atomic E-state index is -0.765. The number of phenolic OH excluding ortho intramolecular Hbond substituents is 2. The third kappa shape index (κ3) is 6.13. The van der Waals surface area contributed by atoms with E-state index in [0.29, 0.717) is 22.0 Å². The van der Waals surface area contributed by atoms with Gasteiger partial charge in [-0.15, -0.1) is 0 Å². The molecule has 2 heterocycles. The van der Waals surface area contributed by atoms with Crippen LogP contribution < -0.4 is 16.0 Å². The van der Waals surface area contributed by atoms with Crippen LogP contribution in [0.2, 0.25) is 10.0 Å². The summed E-state index contributed by atoms with van der Waals surface area (Å²) < 4.78 is 5.35. The number of aromatic hydroxyl groups is 2. The number of hydrogen-bond acceptors (Lipinski definition) is 7. The van der Waals surface area contributed by atoms with E-state index in [4.69, 9.17) is 27.9 Å². The fraction of sp³-hybridized carbons (Fsp3) is 0.167. The lowest BCUT2D eigenvalue weighted by Crippen LogP contribution is -2.31. The highest BCUT2D eigenvalue weighted by molar-refractivity contribution is 6.32. The predicted octanol–water partition coefficient (Wildman–Crippen LogP) is 5.87. The van der Waals surface area contributed by atoms with Crippen LogP contribution in [0.15, 0.2) is 48.7 Å². The van der Waals surface area contributed by atoms with Gasteiger partial charge in [-0.2, -0.15) is 5.10 Å². The van der Waals surface area contributed by atoms with Gasteiger partial charge in [0.15, 0.2) is 5.82 Å². The third-order valence-electron chi connectivity index (χ3n) is 5.45. The fourth-order valence-electron chi connectivity index (χ4n) is 3.45. The number of urea groups is 1. The smallest absolute Gasteiger partial charge is 0.413 e. The predicted molar refractivity (Wildman–Crippen MR) is 139 cm³/mol. The summed E-state index contributed by atoms with van der Waals surface area (Å²) in [5.41, 5.74) is 1.73. The molecule has 0 spiro atoms. The Morgan fingerprint density at radius 1 is 0.973 bits per heavy atom. The first-order chi connectivity index (χ1) is 17.6. The highest BCUT2D eigenvalue weighted by Gasteiger charge is 2.17. The number of carbonyl (C=O) groups excluding carboxylic acids is 2. The van der Waals surface area contributed by atoms with E-state index in [2.05, 4.69) is 31.1 Å². The molecule has 0 radical (unpaired) electrons. The van der Waals surface area contributed by atoms with Gasteiger partial charge in [-0.1, -0.05) is 35.3 Å². The summed E-state index contributed by atoms with van der Waals surface area (Å²) in [6.07, 6.45) is 0.00459. The molecular weight excluding hydrogens is 523 g/mol. The number of phenols is 2. The maximum absolute atomic E-state index is 12.4. The van der Waals surface area contributed by atoms with Gasteiger partial charge in [0.2, 0.25) is 0 Å². The summed E-state index contributed by atoms with van der Waals surface area (Å²) in [6, 6.07) is 9.89. The second-order valence-corrected chi connectivity index (χ2v) is 8.92. The molecule has 11 nitrogen and oxygen atoms in total. The number of carbonyl (C=O) groups is 2. The number of aromatic amines is 1. The first-order valence-corrected chi connectivity index (χ1v) is 11.7. The summed E-state index contributed by atoms with van der Waals surface area (Å²) in [4.78, 5) is 29.0. The van der Waals surface area contributed by atoms with Crippen molar-refractivity contribution < 1.29 is 24.5 Å². The van der Waals surface area contributed by atoms with Crippen LogP contribution in [-0.4, -0.2) is 37.5 Å². The van der Waals surface area contributed by atoms with Crippen LogP contribution in [0.3, 0.4) is 0 Å². The summed E-state index contributed by atoms with van der Waals surface area (Å²) in [7, 11) is 0. The standard InChI is InChI=1S/C24H22Cl2N6O5/c1-11(13-3-5-16(25)19(33)7-13)28-23(35)29-21-9-18-15(10-27-21)22(32-31-18)30-24(36)37-12(2)14-4-6-17(26)20(34)8-14/h3-12,33-34H,1-2H3,(H2,27,28,29,35)(H2,30,31,32,36)/t11-,12-/m1/s1. The number of pyridine rings is 1. The number of nitrogens with one attached hydrogen (secondary N) is 4. The topological polar surface area (TPSA) is 161 Å². The minimum Gasteiger partial charge on any atom is -0.506 e. The second-order valence-electron chi connectivity index (χ2n) is 8.10. The zero-order valence-electron chi connectivity index (χ0n) is 19.5. The van der Waals surface area contributed by atoms with Gasteiger partial charge < -0.3 is 20.3 Å². The number of benzene rings is 2. The number of H-pyrrole nitrogens is 1. The van der Waals surface area contributed by atoms with Crippen molar-refractivity contribution >= 4 is 57.9 Å². The number of fused-ring (bicyclic) bond motifs is 1. The number of rotatable bonds is 6. The van der Waals surface area contributed by atoms with E-state index in [1.54, 1.807) is 38.1 Å². The molecule has 0 aliphatic rings. The molecule has 4 aromatic rings. The van der Waals surface area contributed by atoms with Crippen molar-refractivity contribution in [1.29, 1.82) is 0 Å². The first-order valence-electron chi connectivity index (χ1n) is 11.0. The molecule has 0 aliphatic heterocycles. The molecule has 2 atom stereocenters. The van der Waals surface area contributed by atoms with Gasteiger partial charge in [0.1, 0.15) is 23.4 Å². The summed E-state index contributed by atoms with van der Waals surface area (Å²) in [5.74, 6) is 0.235. The number of anilines is 2. The molecule has 0 bridgehead atoms. The van der Waals surface area contributed by atoms with Crippen molar-refractivity contribution in [3.8, 4) is 11.5 Å². The number of hydrogen-bond donors (Lipinski definition) is 6. The summed E-state index contributed by atoms with van der Waals surface area (Å²) >= 11 is 11.6. The molecule has 0 aliphatic carbocycles. The van der Waals surface area contributed by atoms with Crippen molar-refractivity contribution in [2.24, 2.45) is 0 Å². The molecule has 3 amide bonds. The van der Waals surface area contributed by atoms with Crippen molar-refractivity contribution in [3.05, 3.63) is 69.8 Å². The van der Waals surface area contributed by atoms with Crippen LogP contribution in [0.25, 0.3) is 10.9 Å². The maximum Gasteiger partial charge on any atom is 0.413 e. The van der Waals surface area contributed by atoms with Gasteiger partial charge in [-0.05, 0) is 49.2 Å². The molecule has 37 heavy (non-hydrogen) atoms. The van der Waals surface area contributed by atoms with Crippen molar-refractivity contribution in [2.45, 2.75) is 26.0 Å². The molecule has 192 valence electrons. The Hall–Kier alpha value is -4.22. The lowest BCUT2D eigenvalue weighted by Gasteiger charge is -2.15. The van der Waals surface area contributed by atoms with E-state index in [0.717, 1.165) is 0 Å². The average Bonchev–Trinajstić information content (AvgIpc) is 3.23. The minimum absolute atomic E-state index is 0.0772. The Morgan fingerprint density at radius 2 is 1.62 bits per heavy atom. The van der Waals surface area contributed by atoms with Gasteiger partial charge in [-0.3, -0.25) is 15.7 Å². The molecular formula is C24H22Cl2N6O5. The number of nitrogens with zero attached hydrogens (tertiary/aromatic N) is 2. The van der Waals surface area contributed by atoms with Crippen LogP contribution >= 0.6 is 23.2 Å². The van der Waals surface area contributed by atoms with Crippen LogP contribution in [-0.2, 0) is 4.74 Å². The summed E-state index contributed by atoms with van der Waals surface area (Å²) in [5, 5.41) is 35.2. The fourth-order valence-corrected chi connectivity index (χ4v) is 3.68. The molecule has 13 heteroatoms. The quantitative estimate of drug-likeness (QED) is 0.177. The van der Waals surface area contributed by atoms with E-state index >= 15 is 0 Å². The number of halogens is 2. The molecule has 2 aromatic carbocycles.